The van der Waals surface area contributed by atoms with Gasteiger partial charge in [-0.25, -0.2) is 4.98 Å². The zero-order chi connectivity index (χ0) is 11.0. The lowest BCUT2D eigenvalue weighted by molar-refractivity contribution is 1.13. The van der Waals surface area contributed by atoms with E-state index in [1.54, 1.807) is 0 Å². The van der Waals surface area contributed by atoms with Gasteiger partial charge in [-0.2, -0.15) is 0 Å². The number of rotatable bonds is 3. The highest BCUT2D eigenvalue weighted by molar-refractivity contribution is 5.92. The van der Waals surface area contributed by atoms with Crippen molar-refractivity contribution in [2.45, 2.75) is 25.7 Å². The van der Waals surface area contributed by atoms with Gasteiger partial charge in [-0.15, -0.1) is 0 Å². The number of pyridine rings is 1. The molecule has 1 aromatic carbocycles. The van der Waals surface area contributed by atoms with Gasteiger partial charge in [0.25, 0.3) is 0 Å². The van der Waals surface area contributed by atoms with Crippen LogP contribution in [0.25, 0.3) is 10.8 Å². The molecule has 1 heterocycles. The first-order chi connectivity index (χ1) is 7.88. The molecule has 0 radical (unpaired) electrons. The van der Waals surface area contributed by atoms with E-state index in [1.165, 1.54) is 29.2 Å². The molecule has 2 aromatic rings. The minimum Gasteiger partial charge on any atom is -0.370 e. The zero-order valence-corrected chi connectivity index (χ0v) is 9.53. The van der Waals surface area contributed by atoms with E-state index < -0.39 is 0 Å². The van der Waals surface area contributed by atoms with Crippen LogP contribution in [0.4, 0.5) is 5.82 Å². The van der Waals surface area contributed by atoms with E-state index in [9.17, 15) is 0 Å². The van der Waals surface area contributed by atoms with Crippen LogP contribution in [0.2, 0.25) is 0 Å². The molecule has 1 N–H and O–H groups in total. The average Bonchev–Trinajstić information content (AvgIpc) is 3.13. The van der Waals surface area contributed by atoms with E-state index in [1.807, 2.05) is 6.20 Å². The number of nitrogens with one attached hydrogen (secondary N) is 1. The molecule has 0 amide bonds. The summed E-state index contributed by atoms with van der Waals surface area (Å²) in [6.07, 6.45) is 4.57. The minimum atomic E-state index is 0.805. The molecule has 1 aliphatic rings. The molecular weight excluding hydrogens is 196 g/mol. The predicted octanol–water partition coefficient (Wildman–Crippen LogP) is 3.54. The van der Waals surface area contributed by atoms with E-state index in [0.717, 1.165) is 18.3 Å². The van der Waals surface area contributed by atoms with Crippen molar-refractivity contribution in [2.24, 2.45) is 0 Å². The molecule has 0 saturated heterocycles. The molecule has 0 aliphatic heterocycles. The Morgan fingerprint density at radius 1 is 1.31 bits per heavy atom. The van der Waals surface area contributed by atoms with Gasteiger partial charge in [0.2, 0.25) is 0 Å². The summed E-state index contributed by atoms with van der Waals surface area (Å²) in [5, 5.41) is 5.86. The van der Waals surface area contributed by atoms with Gasteiger partial charge < -0.3 is 5.32 Å². The van der Waals surface area contributed by atoms with Crippen molar-refractivity contribution in [1.82, 2.24) is 4.98 Å². The highest BCUT2D eigenvalue weighted by Crippen LogP contribution is 2.41. The number of anilines is 1. The van der Waals surface area contributed by atoms with Gasteiger partial charge in [0.05, 0.1) is 0 Å². The van der Waals surface area contributed by atoms with Crippen LogP contribution in [-0.4, -0.2) is 11.5 Å². The molecule has 16 heavy (non-hydrogen) atoms. The largest absolute Gasteiger partial charge is 0.370 e. The zero-order valence-electron chi connectivity index (χ0n) is 9.53. The molecule has 0 atom stereocenters. The third-order valence-corrected chi connectivity index (χ3v) is 3.18. The Kier molecular flexibility index (Phi) is 2.28. The highest BCUT2D eigenvalue weighted by Gasteiger charge is 2.23. The molecular formula is C14H16N2. The van der Waals surface area contributed by atoms with Gasteiger partial charge in [-0.3, -0.25) is 0 Å². The lowest BCUT2D eigenvalue weighted by Crippen LogP contribution is -1.99. The molecule has 2 heteroatoms. The number of hydrogen-bond donors (Lipinski definition) is 1. The van der Waals surface area contributed by atoms with E-state index in [4.69, 9.17) is 0 Å². The van der Waals surface area contributed by atoms with Crippen LogP contribution in [-0.2, 0) is 0 Å². The molecule has 1 fully saturated rings. The van der Waals surface area contributed by atoms with Crippen molar-refractivity contribution < 1.29 is 0 Å². The van der Waals surface area contributed by atoms with E-state index in [0.29, 0.717) is 0 Å². The number of aromatic nitrogens is 1. The molecule has 0 unspecified atom stereocenters. The van der Waals surface area contributed by atoms with Gasteiger partial charge in [0.15, 0.2) is 0 Å². The lowest BCUT2D eigenvalue weighted by atomic mass is 10.1. The number of nitrogens with zero attached hydrogens (tertiary/aromatic N) is 1. The number of fused-ring (bicyclic) bond motifs is 1. The molecule has 0 bridgehead atoms. The first-order valence-electron chi connectivity index (χ1n) is 6.01. The second-order valence-electron chi connectivity index (χ2n) is 4.44. The maximum Gasteiger partial charge on any atom is 0.133 e. The van der Waals surface area contributed by atoms with Crippen LogP contribution in [0.15, 0.2) is 30.5 Å². The topological polar surface area (TPSA) is 24.9 Å². The van der Waals surface area contributed by atoms with Crippen LogP contribution < -0.4 is 5.32 Å². The Balaban J connectivity index is 2.14. The van der Waals surface area contributed by atoms with Crippen LogP contribution in [0.3, 0.4) is 0 Å². The summed E-state index contributed by atoms with van der Waals surface area (Å²) in [4.78, 5) is 4.41. The fourth-order valence-electron chi connectivity index (χ4n) is 2.16. The maximum absolute atomic E-state index is 4.41. The number of hydrogen-bond acceptors (Lipinski definition) is 2. The third-order valence-electron chi connectivity index (χ3n) is 3.18. The van der Waals surface area contributed by atoms with Gasteiger partial charge in [-0.1, -0.05) is 12.1 Å². The summed E-state index contributed by atoms with van der Waals surface area (Å²) in [7, 11) is 0. The van der Waals surface area contributed by atoms with Crippen LogP contribution in [0.1, 0.15) is 31.2 Å². The SMILES string of the molecule is CCNc1nccc2ccc(C3CC3)cc12. The van der Waals surface area contributed by atoms with Crippen molar-refractivity contribution >= 4 is 16.6 Å². The minimum absolute atomic E-state index is 0.805. The summed E-state index contributed by atoms with van der Waals surface area (Å²) in [6.45, 7) is 3.02. The second kappa shape index (κ2) is 3.78. The van der Waals surface area contributed by atoms with Crippen molar-refractivity contribution in [3.8, 4) is 0 Å². The summed E-state index contributed by atoms with van der Waals surface area (Å²) in [5.41, 5.74) is 1.47. The first-order valence-corrected chi connectivity index (χ1v) is 6.01. The van der Waals surface area contributed by atoms with Crippen molar-refractivity contribution in [3.63, 3.8) is 0 Å². The fraction of sp³-hybridized carbons (Fsp3) is 0.357. The standard InChI is InChI=1S/C14H16N2/c1-2-15-14-13-9-12(10-3-4-10)6-5-11(13)7-8-16-14/h5-10H,2-4H2,1H3,(H,15,16). The molecule has 82 valence electrons. The summed E-state index contributed by atoms with van der Waals surface area (Å²) < 4.78 is 0. The first kappa shape index (κ1) is 9.64. The van der Waals surface area contributed by atoms with E-state index in [-0.39, 0.29) is 0 Å². The van der Waals surface area contributed by atoms with Crippen LogP contribution in [0.5, 0.6) is 0 Å². The number of benzene rings is 1. The fourth-order valence-corrected chi connectivity index (χ4v) is 2.16. The summed E-state index contributed by atoms with van der Waals surface area (Å²) >= 11 is 0. The second-order valence-corrected chi connectivity index (χ2v) is 4.44. The van der Waals surface area contributed by atoms with Crippen molar-refractivity contribution in [3.05, 3.63) is 36.0 Å². The van der Waals surface area contributed by atoms with Gasteiger partial charge in [0.1, 0.15) is 5.82 Å². The third kappa shape index (κ3) is 1.64. The lowest BCUT2D eigenvalue weighted by Gasteiger charge is -2.08. The molecule has 1 saturated carbocycles. The Morgan fingerprint density at radius 3 is 2.94 bits per heavy atom. The van der Waals surface area contributed by atoms with Crippen LogP contribution >= 0.6 is 0 Å². The van der Waals surface area contributed by atoms with E-state index in [2.05, 4.69) is 41.5 Å². The maximum atomic E-state index is 4.41. The van der Waals surface area contributed by atoms with Crippen molar-refractivity contribution in [2.75, 3.05) is 11.9 Å². The monoisotopic (exact) mass is 212 g/mol. The van der Waals surface area contributed by atoms with Gasteiger partial charge in [-0.05, 0) is 48.8 Å². The molecule has 1 aliphatic carbocycles. The average molecular weight is 212 g/mol. The summed E-state index contributed by atoms with van der Waals surface area (Å²) in [5.74, 6) is 1.82. The highest BCUT2D eigenvalue weighted by atomic mass is 15.0. The van der Waals surface area contributed by atoms with Gasteiger partial charge >= 0.3 is 0 Å². The Labute approximate surface area is 95.7 Å². The Morgan fingerprint density at radius 2 is 2.19 bits per heavy atom. The smallest absolute Gasteiger partial charge is 0.133 e. The molecule has 3 rings (SSSR count). The normalized spacial score (nSPS) is 15.3. The van der Waals surface area contributed by atoms with Crippen molar-refractivity contribution in [1.29, 1.82) is 0 Å². The molecule has 2 nitrogen and oxygen atoms in total. The summed E-state index contributed by atoms with van der Waals surface area (Å²) in [6, 6.07) is 8.85. The Bertz CT molecular complexity index is 515. The molecule has 0 spiro atoms. The van der Waals surface area contributed by atoms with Crippen LogP contribution in [0, 0.1) is 0 Å². The van der Waals surface area contributed by atoms with E-state index >= 15 is 0 Å². The van der Waals surface area contributed by atoms with Gasteiger partial charge in [0, 0.05) is 18.1 Å². The molecule has 1 aromatic heterocycles. The predicted molar refractivity (Wildman–Crippen MR) is 67.9 cm³/mol. The Hall–Kier alpha value is -1.57. The quantitative estimate of drug-likeness (QED) is 0.841.